The minimum atomic E-state index is -0.369. The predicted octanol–water partition coefficient (Wildman–Crippen LogP) is 3.83. The second kappa shape index (κ2) is 9.98. The molecule has 2 heterocycles. The molecule has 0 aromatic carbocycles. The molecule has 0 spiro atoms. The molecule has 0 saturated heterocycles. The summed E-state index contributed by atoms with van der Waals surface area (Å²) in [6.45, 7) is 0.738. The number of nitrogens with zero attached hydrogens (tertiary/aromatic N) is 6. The van der Waals surface area contributed by atoms with E-state index in [1.165, 1.54) is 25.7 Å². The molecule has 170 valence electrons. The summed E-state index contributed by atoms with van der Waals surface area (Å²) < 4.78 is 13.1. The number of hydrogen-bond acceptors (Lipinski definition) is 7. The molecule has 1 amide bonds. The van der Waals surface area contributed by atoms with Crippen molar-refractivity contribution < 1.29 is 14.3 Å². The first kappa shape index (κ1) is 22.1. The molecule has 0 aliphatic heterocycles. The van der Waals surface area contributed by atoms with Crippen LogP contribution in [-0.2, 0) is 18.4 Å². The number of hydrogen-bond donors (Lipinski definition) is 0. The third-order valence-corrected chi connectivity index (χ3v) is 6.40. The highest BCUT2D eigenvalue weighted by Gasteiger charge is 2.24. The van der Waals surface area contributed by atoms with Crippen LogP contribution in [0.1, 0.15) is 62.8 Å². The minimum absolute atomic E-state index is 0.0244. The van der Waals surface area contributed by atoms with Crippen molar-refractivity contribution in [3.63, 3.8) is 0 Å². The molecule has 0 radical (unpaired) electrons. The summed E-state index contributed by atoms with van der Waals surface area (Å²) in [4.78, 5) is 18.5. The van der Waals surface area contributed by atoms with Gasteiger partial charge in [-0.15, -0.1) is 5.10 Å². The van der Waals surface area contributed by atoms with E-state index < -0.39 is 0 Å². The molecule has 0 bridgehead atoms. The number of rotatable bonds is 7. The maximum absolute atomic E-state index is 12.4. The number of aromatic nitrogens is 4. The second-order valence-corrected chi connectivity index (χ2v) is 8.77. The first-order valence-corrected chi connectivity index (χ1v) is 11.4. The Bertz CT molecular complexity index is 988. The van der Waals surface area contributed by atoms with Gasteiger partial charge in [0.25, 0.3) is 0 Å². The SMILES string of the molecule is CN(CC1CCC1)C(=O)OCc1c(-c2ccc(OC3CCCCC3)c(C#N)n2)nnn1C. The van der Waals surface area contributed by atoms with Crippen molar-refractivity contribution in [3.8, 4) is 23.2 Å². The van der Waals surface area contributed by atoms with E-state index >= 15 is 0 Å². The van der Waals surface area contributed by atoms with E-state index in [9.17, 15) is 10.1 Å². The molecule has 0 N–H and O–H groups in total. The maximum Gasteiger partial charge on any atom is 0.409 e. The van der Waals surface area contributed by atoms with Gasteiger partial charge >= 0.3 is 6.09 Å². The molecule has 9 heteroatoms. The lowest BCUT2D eigenvalue weighted by Crippen LogP contribution is -2.34. The summed E-state index contributed by atoms with van der Waals surface area (Å²) in [7, 11) is 3.50. The highest BCUT2D eigenvalue weighted by atomic mass is 16.6. The van der Waals surface area contributed by atoms with Crippen LogP contribution in [0.25, 0.3) is 11.4 Å². The zero-order valence-electron chi connectivity index (χ0n) is 18.8. The highest BCUT2D eigenvalue weighted by molar-refractivity contribution is 5.67. The molecule has 9 nitrogen and oxygen atoms in total. The van der Waals surface area contributed by atoms with Gasteiger partial charge in [0.2, 0.25) is 0 Å². The number of nitriles is 1. The summed E-state index contributed by atoms with van der Waals surface area (Å²) in [5, 5.41) is 17.9. The Morgan fingerprint density at radius 2 is 2.00 bits per heavy atom. The molecule has 0 unspecified atom stereocenters. The van der Waals surface area contributed by atoms with Gasteiger partial charge in [0.15, 0.2) is 11.4 Å². The van der Waals surface area contributed by atoms with E-state index in [1.807, 2.05) is 0 Å². The summed E-state index contributed by atoms with van der Waals surface area (Å²) in [6.07, 6.45) is 8.87. The lowest BCUT2D eigenvalue weighted by atomic mass is 9.85. The monoisotopic (exact) mass is 438 g/mol. The van der Waals surface area contributed by atoms with E-state index in [1.54, 1.807) is 35.8 Å². The summed E-state index contributed by atoms with van der Waals surface area (Å²) in [6, 6.07) is 5.68. The molecular formula is C23H30N6O3. The zero-order valence-corrected chi connectivity index (χ0v) is 18.8. The summed E-state index contributed by atoms with van der Waals surface area (Å²) in [5.41, 5.74) is 1.83. The molecule has 4 rings (SSSR count). The van der Waals surface area contributed by atoms with Crippen LogP contribution in [0.3, 0.4) is 0 Å². The normalized spacial score (nSPS) is 16.8. The molecule has 32 heavy (non-hydrogen) atoms. The van der Waals surface area contributed by atoms with Crippen molar-refractivity contribution in [1.29, 1.82) is 5.26 Å². The van der Waals surface area contributed by atoms with Gasteiger partial charge < -0.3 is 14.4 Å². The van der Waals surface area contributed by atoms with Gasteiger partial charge in [-0.05, 0) is 56.6 Å². The number of pyridine rings is 1. The van der Waals surface area contributed by atoms with Crippen molar-refractivity contribution >= 4 is 6.09 Å². The highest BCUT2D eigenvalue weighted by Crippen LogP contribution is 2.29. The van der Waals surface area contributed by atoms with Gasteiger partial charge in [-0.25, -0.2) is 14.5 Å². The van der Waals surface area contributed by atoms with Crippen LogP contribution >= 0.6 is 0 Å². The fourth-order valence-electron chi connectivity index (χ4n) is 4.23. The van der Waals surface area contributed by atoms with Crippen LogP contribution in [0.2, 0.25) is 0 Å². The molecule has 2 saturated carbocycles. The second-order valence-electron chi connectivity index (χ2n) is 8.77. The van der Waals surface area contributed by atoms with Crippen LogP contribution in [0.4, 0.5) is 4.79 Å². The first-order valence-electron chi connectivity index (χ1n) is 11.4. The topological polar surface area (TPSA) is 106 Å². The van der Waals surface area contributed by atoms with Gasteiger partial charge in [0.1, 0.15) is 24.1 Å². The summed E-state index contributed by atoms with van der Waals surface area (Å²) in [5.74, 6) is 1.07. The standard InChI is InChI=1S/C23H30N6O3/c1-28(14-16-7-6-8-16)23(30)31-15-20-22(26-27-29(20)2)18-11-12-21(19(13-24)25-18)32-17-9-4-3-5-10-17/h11-12,16-17H,3-10,14-15H2,1-2H3. The Labute approximate surface area is 188 Å². The lowest BCUT2D eigenvalue weighted by Gasteiger charge is -2.29. The predicted molar refractivity (Wildman–Crippen MR) is 117 cm³/mol. The number of carbonyl (C=O) groups is 1. The minimum Gasteiger partial charge on any atom is -0.487 e. The zero-order chi connectivity index (χ0) is 22.5. The van der Waals surface area contributed by atoms with E-state index in [4.69, 9.17) is 9.47 Å². The lowest BCUT2D eigenvalue weighted by molar-refractivity contribution is 0.0913. The van der Waals surface area contributed by atoms with Gasteiger partial charge in [-0.2, -0.15) is 5.26 Å². The van der Waals surface area contributed by atoms with E-state index in [0.717, 1.165) is 25.7 Å². The Morgan fingerprint density at radius 1 is 1.22 bits per heavy atom. The van der Waals surface area contributed by atoms with Crippen molar-refractivity contribution in [2.24, 2.45) is 13.0 Å². The van der Waals surface area contributed by atoms with E-state index in [2.05, 4.69) is 21.4 Å². The average molecular weight is 439 g/mol. The molecule has 0 atom stereocenters. The fourth-order valence-corrected chi connectivity index (χ4v) is 4.23. The number of amides is 1. The maximum atomic E-state index is 12.4. The average Bonchev–Trinajstić information content (AvgIpc) is 3.15. The number of carbonyl (C=O) groups excluding carboxylic acids is 1. The number of ether oxygens (including phenoxy) is 2. The Morgan fingerprint density at radius 3 is 2.69 bits per heavy atom. The van der Waals surface area contributed by atoms with Gasteiger partial charge in [0.05, 0.1) is 11.8 Å². The van der Waals surface area contributed by atoms with Crippen LogP contribution < -0.4 is 4.74 Å². The molecule has 2 aliphatic carbocycles. The van der Waals surface area contributed by atoms with Crippen molar-refractivity contribution in [3.05, 3.63) is 23.5 Å². The Balaban J connectivity index is 1.45. The fraction of sp³-hybridized carbons (Fsp3) is 0.609. The van der Waals surface area contributed by atoms with E-state index in [-0.39, 0.29) is 24.5 Å². The van der Waals surface area contributed by atoms with Crippen molar-refractivity contribution in [2.45, 2.75) is 64.1 Å². The van der Waals surface area contributed by atoms with Crippen LogP contribution in [-0.4, -0.2) is 50.7 Å². The molecule has 2 fully saturated rings. The first-order chi connectivity index (χ1) is 15.5. The molecule has 2 aliphatic rings. The third-order valence-electron chi connectivity index (χ3n) is 6.40. The van der Waals surface area contributed by atoms with Crippen LogP contribution in [0, 0.1) is 17.2 Å². The van der Waals surface area contributed by atoms with Gasteiger partial charge in [-0.3, -0.25) is 0 Å². The Hall–Kier alpha value is -3.15. The largest absolute Gasteiger partial charge is 0.487 e. The Kier molecular flexibility index (Phi) is 6.88. The van der Waals surface area contributed by atoms with Crippen molar-refractivity contribution in [2.75, 3.05) is 13.6 Å². The van der Waals surface area contributed by atoms with E-state index in [0.29, 0.717) is 35.3 Å². The summed E-state index contributed by atoms with van der Waals surface area (Å²) >= 11 is 0. The van der Waals surface area contributed by atoms with Crippen LogP contribution in [0.5, 0.6) is 5.75 Å². The van der Waals surface area contributed by atoms with Crippen molar-refractivity contribution in [1.82, 2.24) is 24.9 Å². The van der Waals surface area contributed by atoms with Crippen LogP contribution in [0.15, 0.2) is 12.1 Å². The molecule has 2 aromatic rings. The smallest absolute Gasteiger partial charge is 0.409 e. The number of aryl methyl sites for hydroxylation is 1. The molecule has 2 aromatic heterocycles. The quantitative estimate of drug-likeness (QED) is 0.647. The van der Waals surface area contributed by atoms with Gasteiger partial charge in [-0.1, -0.05) is 18.1 Å². The third kappa shape index (κ3) is 5.01. The van der Waals surface area contributed by atoms with Gasteiger partial charge in [0, 0.05) is 20.6 Å². The molecular weight excluding hydrogens is 408 g/mol.